The van der Waals surface area contributed by atoms with Crippen molar-refractivity contribution in [2.45, 2.75) is 19.3 Å². The first-order valence-electron chi connectivity index (χ1n) is 10.9. The van der Waals surface area contributed by atoms with Crippen LogP contribution in [-0.2, 0) is 7.05 Å². The second-order valence-electron chi connectivity index (χ2n) is 8.06. The summed E-state index contributed by atoms with van der Waals surface area (Å²) in [6.07, 6.45) is 5.55. The Morgan fingerprint density at radius 1 is 1.00 bits per heavy atom. The number of rotatable bonds is 4. The molecule has 31 heavy (non-hydrogen) atoms. The van der Waals surface area contributed by atoms with Crippen LogP contribution in [0.3, 0.4) is 0 Å². The fraction of sp³-hybridized carbons (Fsp3) is 0.455. The van der Waals surface area contributed by atoms with Crippen LogP contribution in [0.1, 0.15) is 29.8 Å². The fourth-order valence-corrected chi connectivity index (χ4v) is 4.96. The summed E-state index contributed by atoms with van der Waals surface area (Å²) in [5, 5.41) is 6.56. The van der Waals surface area contributed by atoms with Gasteiger partial charge < -0.3 is 14.7 Å². The Balaban J connectivity index is 1.24. The molecule has 0 aliphatic carbocycles. The third kappa shape index (κ3) is 4.14. The van der Waals surface area contributed by atoms with Crippen LogP contribution in [0.5, 0.6) is 0 Å². The van der Waals surface area contributed by atoms with Crippen LogP contribution in [0.25, 0.3) is 10.6 Å². The minimum atomic E-state index is 0.0362. The van der Waals surface area contributed by atoms with Crippen LogP contribution in [-0.4, -0.2) is 69.8 Å². The maximum atomic E-state index is 13.1. The first-order valence-corrected chi connectivity index (χ1v) is 11.8. The van der Waals surface area contributed by atoms with E-state index < -0.39 is 0 Å². The summed E-state index contributed by atoms with van der Waals surface area (Å²) in [7, 11) is 1.84. The molecule has 0 aromatic carbocycles. The Labute approximate surface area is 186 Å². The fourth-order valence-electron chi connectivity index (χ4n) is 4.27. The van der Waals surface area contributed by atoms with E-state index in [1.54, 1.807) is 16.0 Å². The van der Waals surface area contributed by atoms with Gasteiger partial charge in [0.15, 0.2) is 0 Å². The molecule has 0 saturated carbocycles. The molecule has 1 amide bonds. The third-order valence-electron chi connectivity index (χ3n) is 6.03. The van der Waals surface area contributed by atoms with E-state index in [0.29, 0.717) is 18.8 Å². The van der Waals surface area contributed by atoms with E-state index in [9.17, 15) is 4.79 Å². The van der Waals surface area contributed by atoms with Gasteiger partial charge in [0, 0.05) is 52.5 Å². The molecule has 2 saturated heterocycles. The van der Waals surface area contributed by atoms with Gasteiger partial charge in [-0.15, -0.1) is 11.3 Å². The lowest BCUT2D eigenvalue weighted by molar-refractivity contribution is 0.0735. The molecule has 3 aromatic rings. The summed E-state index contributed by atoms with van der Waals surface area (Å²) in [5.74, 6) is 1.81. The number of amides is 1. The minimum Gasteiger partial charge on any atom is -0.353 e. The molecule has 5 heterocycles. The third-order valence-corrected chi connectivity index (χ3v) is 6.92. The van der Waals surface area contributed by atoms with Crippen LogP contribution in [0, 0.1) is 0 Å². The van der Waals surface area contributed by atoms with E-state index in [1.165, 1.54) is 19.3 Å². The van der Waals surface area contributed by atoms with Crippen LogP contribution >= 0.6 is 11.3 Å². The number of aryl methyl sites for hydroxylation is 1. The number of hydrogen-bond acceptors (Lipinski definition) is 7. The summed E-state index contributed by atoms with van der Waals surface area (Å²) >= 11 is 1.63. The van der Waals surface area contributed by atoms with Crippen molar-refractivity contribution in [3.8, 4) is 10.6 Å². The number of aromatic nitrogens is 4. The first kappa shape index (κ1) is 20.0. The van der Waals surface area contributed by atoms with E-state index in [-0.39, 0.29) is 5.91 Å². The van der Waals surface area contributed by atoms with Crippen molar-refractivity contribution < 1.29 is 4.79 Å². The van der Waals surface area contributed by atoms with Gasteiger partial charge in [0.2, 0.25) is 5.95 Å². The van der Waals surface area contributed by atoms with Gasteiger partial charge in [0.25, 0.3) is 5.91 Å². The average Bonchev–Trinajstić information content (AvgIpc) is 3.49. The van der Waals surface area contributed by atoms with Gasteiger partial charge in [0.1, 0.15) is 17.2 Å². The summed E-state index contributed by atoms with van der Waals surface area (Å²) in [6.45, 7) is 4.92. The quantitative estimate of drug-likeness (QED) is 0.625. The standard InChI is InChI=1S/C22H27N7OS/c1-26-18(16-17(25-26)19-6-5-15-31-19)21(30)28-13-11-27(12-14-28)20-7-8-23-22(24-20)29-9-3-2-4-10-29/h5-8,15-16H,2-4,9-14H2,1H3. The smallest absolute Gasteiger partial charge is 0.272 e. The molecule has 2 aliphatic heterocycles. The van der Waals surface area contributed by atoms with Crippen molar-refractivity contribution in [3.05, 3.63) is 41.5 Å². The Kier molecular flexibility index (Phi) is 5.59. The van der Waals surface area contributed by atoms with Crippen LogP contribution < -0.4 is 9.80 Å². The number of piperidine rings is 1. The summed E-state index contributed by atoms with van der Waals surface area (Å²) in [4.78, 5) is 30.0. The predicted octanol–water partition coefficient (Wildman–Crippen LogP) is 2.89. The molecule has 9 heteroatoms. The topological polar surface area (TPSA) is 70.4 Å². The van der Waals surface area contributed by atoms with Crippen molar-refractivity contribution in [2.75, 3.05) is 49.1 Å². The number of anilines is 2. The second-order valence-corrected chi connectivity index (χ2v) is 9.01. The zero-order valence-corrected chi connectivity index (χ0v) is 18.6. The number of carbonyl (C=O) groups excluding carboxylic acids is 1. The van der Waals surface area contributed by atoms with Crippen LogP contribution in [0.4, 0.5) is 11.8 Å². The number of thiophene rings is 1. The molecular formula is C22H27N7OS. The summed E-state index contributed by atoms with van der Waals surface area (Å²) < 4.78 is 1.69. The highest BCUT2D eigenvalue weighted by Gasteiger charge is 2.26. The molecule has 0 unspecified atom stereocenters. The maximum Gasteiger partial charge on any atom is 0.272 e. The van der Waals surface area contributed by atoms with E-state index in [0.717, 1.165) is 48.5 Å². The molecular weight excluding hydrogens is 410 g/mol. The molecule has 0 radical (unpaired) electrons. The Morgan fingerprint density at radius 2 is 1.81 bits per heavy atom. The van der Waals surface area contributed by atoms with E-state index in [1.807, 2.05) is 47.8 Å². The maximum absolute atomic E-state index is 13.1. The SMILES string of the molecule is Cn1nc(-c2cccs2)cc1C(=O)N1CCN(c2ccnc(N3CCCCC3)n2)CC1. The highest BCUT2D eigenvalue weighted by atomic mass is 32.1. The Bertz CT molecular complexity index is 1030. The van der Waals surface area contributed by atoms with Gasteiger partial charge in [-0.25, -0.2) is 4.98 Å². The molecule has 0 bridgehead atoms. The molecule has 2 fully saturated rings. The van der Waals surface area contributed by atoms with Crippen molar-refractivity contribution in [3.63, 3.8) is 0 Å². The molecule has 5 rings (SSSR count). The van der Waals surface area contributed by atoms with Gasteiger partial charge in [-0.05, 0) is 42.8 Å². The molecule has 3 aromatic heterocycles. The van der Waals surface area contributed by atoms with Crippen LogP contribution in [0.2, 0.25) is 0 Å². The number of hydrogen-bond donors (Lipinski definition) is 0. The lowest BCUT2D eigenvalue weighted by Gasteiger charge is -2.35. The van der Waals surface area contributed by atoms with E-state index >= 15 is 0 Å². The molecule has 0 N–H and O–H groups in total. The summed E-state index contributed by atoms with van der Waals surface area (Å²) in [6, 6.07) is 7.90. The van der Waals surface area contributed by atoms with E-state index in [2.05, 4.69) is 19.9 Å². The number of nitrogens with zero attached hydrogens (tertiary/aromatic N) is 7. The van der Waals surface area contributed by atoms with Gasteiger partial charge in [-0.3, -0.25) is 9.48 Å². The number of carbonyl (C=O) groups is 1. The Hall–Kier alpha value is -2.94. The van der Waals surface area contributed by atoms with E-state index in [4.69, 9.17) is 4.98 Å². The highest BCUT2D eigenvalue weighted by molar-refractivity contribution is 7.13. The van der Waals surface area contributed by atoms with Crippen molar-refractivity contribution in [1.29, 1.82) is 0 Å². The highest BCUT2D eigenvalue weighted by Crippen LogP contribution is 2.25. The predicted molar refractivity (Wildman–Crippen MR) is 123 cm³/mol. The zero-order chi connectivity index (χ0) is 21.2. The molecule has 0 atom stereocenters. The van der Waals surface area contributed by atoms with Gasteiger partial charge in [-0.2, -0.15) is 10.1 Å². The molecule has 0 spiro atoms. The normalized spacial score (nSPS) is 17.3. The van der Waals surface area contributed by atoms with Crippen molar-refractivity contribution in [2.24, 2.45) is 7.05 Å². The first-order chi connectivity index (χ1) is 15.2. The average molecular weight is 438 g/mol. The molecule has 2 aliphatic rings. The molecule has 162 valence electrons. The van der Waals surface area contributed by atoms with Gasteiger partial charge in [-0.1, -0.05) is 6.07 Å². The Morgan fingerprint density at radius 3 is 2.55 bits per heavy atom. The van der Waals surface area contributed by atoms with Gasteiger partial charge in [0.05, 0.1) is 4.88 Å². The largest absolute Gasteiger partial charge is 0.353 e. The lowest BCUT2D eigenvalue weighted by Crippen LogP contribution is -2.49. The van der Waals surface area contributed by atoms with Crippen molar-refractivity contribution in [1.82, 2.24) is 24.6 Å². The monoisotopic (exact) mass is 437 g/mol. The zero-order valence-electron chi connectivity index (χ0n) is 17.8. The van der Waals surface area contributed by atoms with Gasteiger partial charge >= 0.3 is 0 Å². The summed E-state index contributed by atoms with van der Waals surface area (Å²) in [5.41, 5.74) is 1.48. The van der Waals surface area contributed by atoms with Crippen molar-refractivity contribution >= 4 is 29.0 Å². The number of piperazine rings is 1. The lowest BCUT2D eigenvalue weighted by atomic mass is 10.1. The molecule has 8 nitrogen and oxygen atoms in total. The minimum absolute atomic E-state index is 0.0362. The van der Waals surface area contributed by atoms with Crippen LogP contribution in [0.15, 0.2) is 35.8 Å². The second kappa shape index (κ2) is 8.66.